The van der Waals surface area contributed by atoms with Crippen LogP contribution in [-0.4, -0.2) is 43.2 Å². The molecule has 1 saturated carbocycles. The topological polar surface area (TPSA) is 60.6 Å². The molecule has 0 amide bonds. The Kier molecular flexibility index (Phi) is 2.59. The van der Waals surface area contributed by atoms with Crippen molar-refractivity contribution in [3.05, 3.63) is 12.3 Å². The summed E-state index contributed by atoms with van der Waals surface area (Å²) in [4.78, 5) is 6.54. The molecule has 1 aromatic heterocycles. The molecule has 1 saturated heterocycles. The van der Waals surface area contributed by atoms with Crippen molar-refractivity contribution in [3.63, 3.8) is 0 Å². The maximum Gasteiger partial charge on any atom is 0.257 e. The molecule has 0 bridgehead atoms. The largest absolute Gasteiger partial charge is 0.491 e. The fourth-order valence-electron chi connectivity index (χ4n) is 3.19. The number of nitrogens with zero attached hydrogens (tertiary/aromatic N) is 2. The van der Waals surface area contributed by atoms with Crippen LogP contribution in [0.1, 0.15) is 12.8 Å². The summed E-state index contributed by atoms with van der Waals surface area (Å²) in [7, 11) is 3.76. The summed E-state index contributed by atoms with van der Waals surface area (Å²) in [6.07, 6.45) is 4.10. The lowest BCUT2D eigenvalue weighted by atomic mass is 9.62. The highest BCUT2D eigenvalue weighted by Gasteiger charge is 2.52. The Bertz CT molecular complexity index is 450. The molecule has 98 valence electrons. The van der Waals surface area contributed by atoms with E-state index in [2.05, 4.69) is 16.9 Å². The monoisotopic (exact) mass is 249 g/mol. The second-order valence-electron chi connectivity index (χ2n) is 5.60. The number of rotatable bonds is 3. The third-order valence-electron chi connectivity index (χ3n) is 3.87. The third-order valence-corrected chi connectivity index (χ3v) is 3.87. The van der Waals surface area contributed by atoms with E-state index in [1.807, 2.05) is 0 Å². The molecule has 0 aromatic carbocycles. The van der Waals surface area contributed by atoms with Crippen molar-refractivity contribution in [1.82, 2.24) is 9.88 Å². The first-order valence-corrected chi connectivity index (χ1v) is 6.25. The Labute approximate surface area is 107 Å². The van der Waals surface area contributed by atoms with Crippen LogP contribution < -0.4 is 15.2 Å². The number of hydrogen-bond acceptors (Lipinski definition) is 5. The molecule has 5 heteroatoms. The van der Waals surface area contributed by atoms with E-state index in [4.69, 9.17) is 15.2 Å². The van der Waals surface area contributed by atoms with Crippen LogP contribution in [0.25, 0.3) is 0 Å². The quantitative estimate of drug-likeness (QED) is 0.870. The van der Waals surface area contributed by atoms with Crippen molar-refractivity contribution < 1.29 is 9.47 Å². The number of hydrogen-bond donors (Lipinski definition) is 1. The molecule has 0 atom stereocenters. The summed E-state index contributed by atoms with van der Waals surface area (Å²) in [5.41, 5.74) is 6.77. The number of likely N-dealkylation sites (tertiary alicyclic amines) is 1. The van der Waals surface area contributed by atoms with Gasteiger partial charge in [0.2, 0.25) is 0 Å². The molecule has 2 heterocycles. The van der Waals surface area contributed by atoms with Gasteiger partial charge in [-0.15, -0.1) is 0 Å². The zero-order chi connectivity index (χ0) is 12.8. The molecule has 1 aliphatic carbocycles. The normalized spacial score (nSPS) is 22.3. The van der Waals surface area contributed by atoms with Crippen molar-refractivity contribution in [3.8, 4) is 11.6 Å². The minimum absolute atomic E-state index is 0.267. The Morgan fingerprint density at radius 2 is 2.17 bits per heavy atom. The summed E-state index contributed by atoms with van der Waals surface area (Å²) in [5, 5.41) is 0. The number of nitrogen functional groups attached to an aromatic ring is 1. The number of aromatic nitrogens is 1. The SMILES string of the molecule is COc1cc(N)cnc1OC1CC2(C1)CN(C)C2. The van der Waals surface area contributed by atoms with E-state index >= 15 is 0 Å². The van der Waals surface area contributed by atoms with Gasteiger partial charge in [0.05, 0.1) is 19.0 Å². The van der Waals surface area contributed by atoms with Crippen LogP contribution in [0.15, 0.2) is 12.3 Å². The van der Waals surface area contributed by atoms with Gasteiger partial charge in [-0.1, -0.05) is 0 Å². The van der Waals surface area contributed by atoms with E-state index in [0.29, 0.717) is 22.7 Å². The Morgan fingerprint density at radius 1 is 1.44 bits per heavy atom. The minimum atomic E-state index is 0.267. The molecule has 1 spiro atoms. The van der Waals surface area contributed by atoms with E-state index in [1.54, 1.807) is 19.4 Å². The van der Waals surface area contributed by atoms with Gasteiger partial charge in [0.15, 0.2) is 5.75 Å². The first kappa shape index (κ1) is 11.6. The second kappa shape index (κ2) is 4.02. The average Bonchev–Trinajstić information content (AvgIpc) is 2.26. The molecule has 5 nitrogen and oxygen atoms in total. The van der Waals surface area contributed by atoms with Crippen LogP contribution in [0.3, 0.4) is 0 Å². The summed E-state index contributed by atoms with van der Waals surface area (Å²) in [5.74, 6) is 1.17. The maximum atomic E-state index is 5.88. The molecule has 2 aliphatic rings. The highest BCUT2D eigenvalue weighted by atomic mass is 16.5. The highest BCUT2D eigenvalue weighted by molar-refractivity contribution is 5.46. The number of methoxy groups -OCH3 is 1. The summed E-state index contributed by atoms with van der Waals surface area (Å²) in [6.45, 7) is 2.39. The predicted molar refractivity (Wildman–Crippen MR) is 68.8 cm³/mol. The van der Waals surface area contributed by atoms with E-state index < -0.39 is 0 Å². The number of ether oxygens (including phenoxy) is 2. The van der Waals surface area contributed by atoms with Gasteiger partial charge in [0.25, 0.3) is 5.88 Å². The van der Waals surface area contributed by atoms with E-state index in [-0.39, 0.29) is 6.10 Å². The van der Waals surface area contributed by atoms with Gasteiger partial charge in [-0.25, -0.2) is 4.98 Å². The van der Waals surface area contributed by atoms with Crippen LogP contribution in [0.5, 0.6) is 11.6 Å². The fraction of sp³-hybridized carbons (Fsp3) is 0.615. The molecule has 2 fully saturated rings. The molecule has 1 aliphatic heterocycles. The molecule has 0 unspecified atom stereocenters. The van der Waals surface area contributed by atoms with Gasteiger partial charge in [-0.3, -0.25) is 0 Å². The van der Waals surface area contributed by atoms with Crippen molar-refractivity contribution in [1.29, 1.82) is 0 Å². The first-order chi connectivity index (χ1) is 8.60. The third kappa shape index (κ3) is 1.88. The molecule has 3 rings (SSSR count). The fourth-order valence-corrected chi connectivity index (χ4v) is 3.19. The highest BCUT2D eigenvalue weighted by Crippen LogP contribution is 2.49. The maximum absolute atomic E-state index is 5.88. The van der Waals surface area contributed by atoms with Crippen molar-refractivity contribution >= 4 is 5.69 Å². The zero-order valence-electron chi connectivity index (χ0n) is 10.8. The lowest BCUT2D eigenvalue weighted by Gasteiger charge is -2.57. The Balaban J connectivity index is 1.61. The van der Waals surface area contributed by atoms with Crippen LogP contribution in [0, 0.1) is 5.41 Å². The molecule has 2 N–H and O–H groups in total. The van der Waals surface area contributed by atoms with Gasteiger partial charge in [0, 0.05) is 24.6 Å². The van der Waals surface area contributed by atoms with Crippen molar-refractivity contribution in [2.75, 3.05) is 33.0 Å². The van der Waals surface area contributed by atoms with Gasteiger partial charge >= 0.3 is 0 Å². The van der Waals surface area contributed by atoms with Crippen LogP contribution in [-0.2, 0) is 0 Å². The minimum Gasteiger partial charge on any atom is -0.491 e. The molecular weight excluding hydrogens is 230 g/mol. The number of nitrogens with two attached hydrogens (primary N) is 1. The van der Waals surface area contributed by atoms with Crippen molar-refractivity contribution in [2.45, 2.75) is 18.9 Å². The van der Waals surface area contributed by atoms with E-state index in [9.17, 15) is 0 Å². The lowest BCUT2D eigenvalue weighted by molar-refractivity contribution is -0.110. The molecule has 0 radical (unpaired) electrons. The van der Waals surface area contributed by atoms with Gasteiger partial charge < -0.3 is 20.1 Å². The van der Waals surface area contributed by atoms with Gasteiger partial charge in [-0.2, -0.15) is 0 Å². The molecular formula is C13H19N3O2. The summed E-state index contributed by atoms with van der Waals surface area (Å²) < 4.78 is 11.1. The van der Waals surface area contributed by atoms with E-state index in [1.165, 1.54) is 13.1 Å². The predicted octanol–water partition coefficient (Wildman–Crippen LogP) is 1.15. The average molecular weight is 249 g/mol. The Morgan fingerprint density at radius 3 is 2.78 bits per heavy atom. The van der Waals surface area contributed by atoms with Crippen molar-refractivity contribution in [2.24, 2.45) is 5.41 Å². The molecule has 18 heavy (non-hydrogen) atoms. The van der Waals surface area contributed by atoms with Gasteiger partial charge in [0.1, 0.15) is 6.10 Å². The summed E-state index contributed by atoms with van der Waals surface area (Å²) in [6, 6.07) is 1.74. The second-order valence-corrected chi connectivity index (χ2v) is 5.60. The van der Waals surface area contributed by atoms with Crippen LogP contribution in [0.4, 0.5) is 5.69 Å². The van der Waals surface area contributed by atoms with Gasteiger partial charge in [-0.05, 0) is 19.9 Å². The van der Waals surface area contributed by atoms with Crippen LogP contribution in [0.2, 0.25) is 0 Å². The smallest absolute Gasteiger partial charge is 0.257 e. The zero-order valence-corrected chi connectivity index (χ0v) is 10.8. The standard InChI is InChI=1S/C13H19N3O2/c1-16-7-13(8-16)4-10(5-13)18-12-11(17-2)3-9(14)6-15-12/h3,6,10H,4-5,7-8,14H2,1-2H3. The lowest BCUT2D eigenvalue weighted by Crippen LogP contribution is -2.63. The molecule has 1 aromatic rings. The number of pyridine rings is 1. The Hall–Kier alpha value is -1.49. The first-order valence-electron chi connectivity index (χ1n) is 6.25. The van der Waals surface area contributed by atoms with Crippen LogP contribution >= 0.6 is 0 Å². The van der Waals surface area contributed by atoms with E-state index in [0.717, 1.165) is 12.8 Å². The number of anilines is 1. The summed E-state index contributed by atoms with van der Waals surface area (Å²) >= 11 is 0.